The standard InChI is InChI=1S/C19H23N3O3S.ClH/c1-14-2-8-18(9-3-14)26(24,25)22-17-6-4-16(5-7-17)21-19(23)15-10-12-20-13-11-15;/h2-9,15,20,22H,10-13H2,1H3,(H,21,23);1H. The van der Waals surface area contributed by atoms with Crippen molar-refractivity contribution in [3.8, 4) is 0 Å². The van der Waals surface area contributed by atoms with Gasteiger partial charge in [-0.05, 0) is 69.3 Å². The van der Waals surface area contributed by atoms with Gasteiger partial charge in [-0.15, -0.1) is 12.4 Å². The van der Waals surface area contributed by atoms with Crippen LogP contribution < -0.4 is 15.4 Å². The summed E-state index contributed by atoms with van der Waals surface area (Å²) in [7, 11) is -3.63. The van der Waals surface area contributed by atoms with Gasteiger partial charge in [-0.2, -0.15) is 0 Å². The Hall–Kier alpha value is -2.09. The van der Waals surface area contributed by atoms with Gasteiger partial charge in [0.1, 0.15) is 0 Å². The normalized spacial score (nSPS) is 14.9. The highest BCUT2D eigenvalue weighted by atomic mass is 35.5. The fourth-order valence-electron chi connectivity index (χ4n) is 2.88. The highest BCUT2D eigenvalue weighted by Crippen LogP contribution is 2.20. The Morgan fingerprint density at radius 2 is 1.52 bits per heavy atom. The Balaban J connectivity index is 0.00000261. The zero-order valence-corrected chi connectivity index (χ0v) is 16.7. The second-order valence-corrected chi connectivity index (χ2v) is 8.19. The number of aryl methyl sites for hydroxylation is 1. The molecule has 0 bridgehead atoms. The van der Waals surface area contributed by atoms with E-state index in [9.17, 15) is 13.2 Å². The Kier molecular flexibility index (Phi) is 7.24. The van der Waals surface area contributed by atoms with Crippen molar-refractivity contribution in [3.63, 3.8) is 0 Å². The van der Waals surface area contributed by atoms with E-state index in [4.69, 9.17) is 0 Å². The van der Waals surface area contributed by atoms with Gasteiger partial charge in [-0.25, -0.2) is 8.42 Å². The number of hydrogen-bond acceptors (Lipinski definition) is 4. The molecule has 1 amide bonds. The summed E-state index contributed by atoms with van der Waals surface area (Å²) < 4.78 is 27.3. The van der Waals surface area contributed by atoms with Crippen molar-refractivity contribution in [1.82, 2.24) is 5.32 Å². The summed E-state index contributed by atoms with van der Waals surface area (Å²) in [4.78, 5) is 12.5. The van der Waals surface area contributed by atoms with E-state index < -0.39 is 10.0 Å². The number of benzene rings is 2. The average Bonchev–Trinajstić information content (AvgIpc) is 2.64. The molecule has 0 aromatic heterocycles. The van der Waals surface area contributed by atoms with Gasteiger partial charge in [0, 0.05) is 17.3 Å². The van der Waals surface area contributed by atoms with Crippen LogP contribution in [0, 0.1) is 12.8 Å². The summed E-state index contributed by atoms with van der Waals surface area (Å²) >= 11 is 0. The summed E-state index contributed by atoms with van der Waals surface area (Å²) in [6.07, 6.45) is 1.67. The minimum absolute atomic E-state index is 0. The molecule has 27 heavy (non-hydrogen) atoms. The van der Waals surface area contributed by atoms with Gasteiger partial charge in [0.05, 0.1) is 4.90 Å². The zero-order chi connectivity index (χ0) is 18.6. The molecular formula is C19H24ClN3O3S. The second kappa shape index (κ2) is 9.21. The van der Waals surface area contributed by atoms with Crippen LogP contribution in [0.3, 0.4) is 0 Å². The quantitative estimate of drug-likeness (QED) is 0.707. The molecule has 2 aromatic carbocycles. The van der Waals surface area contributed by atoms with E-state index in [1.165, 1.54) is 0 Å². The topological polar surface area (TPSA) is 87.3 Å². The number of piperidine rings is 1. The highest BCUT2D eigenvalue weighted by Gasteiger charge is 2.21. The lowest BCUT2D eigenvalue weighted by atomic mass is 9.97. The predicted octanol–water partition coefficient (Wildman–Crippen LogP) is 3.16. The third kappa shape index (κ3) is 5.69. The van der Waals surface area contributed by atoms with Crippen LogP contribution in [0.5, 0.6) is 0 Å². The molecule has 1 aliphatic heterocycles. The van der Waals surface area contributed by atoms with Gasteiger partial charge in [-0.1, -0.05) is 17.7 Å². The van der Waals surface area contributed by atoms with Gasteiger partial charge in [0.25, 0.3) is 10.0 Å². The van der Waals surface area contributed by atoms with Gasteiger partial charge >= 0.3 is 0 Å². The van der Waals surface area contributed by atoms with Crippen LogP contribution in [0.2, 0.25) is 0 Å². The Morgan fingerprint density at radius 1 is 0.963 bits per heavy atom. The van der Waals surface area contributed by atoms with Gasteiger partial charge < -0.3 is 10.6 Å². The molecule has 1 fully saturated rings. The van der Waals surface area contributed by atoms with Crippen molar-refractivity contribution in [1.29, 1.82) is 0 Å². The van der Waals surface area contributed by atoms with E-state index in [0.717, 1.165) is 31.5 Å². The van der Waals surface area contributed by atoms with Gasteiger partial charge in [0.15, 0.2) is 0 Å². The molecule has 0 atom stereocenters. The van der Waals surface area contributed by atoms with Crippen molar-refractivity contribution in [2.45, 2.75) is 24.7 Å². The molecule has 0 unspecified atom stereocenters. The van der Waals surface area contributed by atoms with Crippen LogP contribution in [0.15, 0.2) is 53.4 Å². The molecule has 0 saturated carbocycles. The Labute approximate surface area is 166 Å². The second-order valence-electron chi connectivity index (χ2n) is 6.51. The van der Waals surface area contributed by atoms with E-state index in [2.05, 4.69) is 15.4 Å². The molecular weight excluding hydrogens is 386 g/mol. The molecule has 2 aromatic rings. The third-order valence-electron chi connectivity index (χ3n) is 4.45. The first-order valence-corrected chi connectivity index (χ1v) is 10.1. The van der Waals surface area contributed by atoms with Crippen molar-refractivity contribution >= 4 is 39.7 Å². The van der Waals surface area contributed by atoms with Crippen molar-refractivity contribution in [2.24, 2.45) is 5.92 Å². The van der Waals surface area contributed by atoms with Crippen molar-refractivity contribution in [2.75, 3.05) is 23.1 Å². The minimum atomic E-state index is -3.63. The average molecular weight is 410 g/mol. The minimum Gasteiger partial charge on any atom is -0.326 e. The van der Waals surface area contributed by atoms with Crippen LogP contribution >= 0.6 is 12.4 Å². The molecule has 0 spiro atoms. The number of amides is 1. The predicted molar refractivity (Wildman–Crippen MR) is 110 cm³/mol. The van der Waals surface area contributed by atoms with Crippen LogP contribution in [-0.2, 0) is 14.8 Å². The summed E-state index contributed by atoms with van der Waals surface area (Å²) in [5, 5.41) is 6.13. The number of rotatable bonds is 5. The van der Waals surface area contributed by atoms with Crippen molar-refractivity contribution < 1.29 is 13.2 Å². The number of nitrogens with one attached hydrogen (secondary N) is 3. The van der Waals surface area contributed by atoms with Crippen LogP contribution in [-0.4, -0.2) is 27.4 Å². The van der Waals surface area contributed by atoms with E-state index >= 15 is 0 Å². The Morgan fingerprint density at radius 3 is 2.11 bits per heavy atom. The van der Waals surface area contributed by atoms with E-state index in [0.29, 0.717) is 11.4 Å². The number of sulfonamides is 1. The van der Waals surface area contributed by atoms with Gasteiger partial charge in [0.2, 0.25) is 5.91 Å². The summed E-state index contributed by atoms with van der Waals surface area (Å²) in [5.74, 6) is 0.0375. The molecule has 0 aliphatic carbocycles. The number of carbonyl (C=O) groups excluding carboxylic acids is 1. The van der Waals surface area contributed by atoms with E-state index in [1.807, 2.05) is 6.92 Å². The first-order chi connectivity index (χ1) is 12.4. The lowest BCUT2D eigenvalue weighted by molar-refractivity contribution is -0.120. The lowest BCUT2D eigenvalue weighted by Crippen LogP contribution is -2.34. The fourth-order valence-corrected chi connectivity index (χ4v) is 3.94. The highest BCUT2D eigenvalue weighted by molar-refractivity contribution is 7.92. The molecule has 0 radical (unpaired) electrons. The molecule has 1 heterocycles. The van der Waals surface area contributed by atoms with Crippen LogP contribution in [0.1, 0.15) is 18.4 Å². The number of carbonyl (C=O) groups is 1. The number of halogens is 1. The smallest absolute Gasteiger partial charge is 0.261 e. The maximum absolute atomic E-state index is 12.4. The summed E-state index contributed by atoms with van der Waals surface area (Å²) in [6.45, 7) is 3.62. The fraction of sp³-hybridized carbons (Fsp3) is 0.316. The van der Waals surface area contributed by atoms with Crippen LogP contribution in [0.4, 0.5) is 11.4 Å². The van der Waals surface area contributed by atoms with Gasteiger partial charge in [-0.3, -0.25) is 9.52 Å². The van der Waals surface area contributed by atoms with E-state index in [-0.39, 0.29) is 29.1 Å². The molecule has 6 nitrogen and oxygen atoms in total. The molecule has 8 heteroatoms. The maximum atomic E-state index is 12.4. The lowest BCUT2D eigenvalue weighted by Gasteiger charge is -2.21. The first kappa shape index (κ1) is 21.2. The van der Waals surface area contributed by atoms with E-state index in [1.54, 1.807) is 48.5 Å². The SMILES string of the molecule is Cc1ccc(S(=O)(=O)Nc2ccc(NC(=O)C3CCNCC3)cc2)cc1.Cl. The maximum Gasteiger partial charge on any atom is 0.261 e. The van der Waals surface area contributed by atoms with Crippen LogP contribution in [0.25, 0.3) is 0 Å². The Bertz CT molecular complexity index is 862. The first-order valence-electron chi connectivity index (χ1n) is 8.65. The monoisotopic (exact) mass is 409 g/mol. The zero-order valence-electron chi connectivity index (χ0n) is 15.1. The third-order valence-corrected chi connectivity index (χ3v) is 5.84. The summed E-state index contributed by atoms with van der Waals surface area (Å²) in [6, 6.07) is 13.4. The largest absolute Gasteiger partial charge is 0.326 e. The molecule has 146 valence electrons. The molecule has 1 aliphatic rings. The number of hydrogen-bond donors (Lipinski definition) is 3. The summed E-state index contributed by atoms with van der Waals surface area (Å²) in [5.41, 5.74) is 2.11. The molecule has 3 N–H and O–H groups in total. The molecule has 3 rings (SSSR count). The number of anilines is 2. The van der Waals surface area contributed by atoms with Crippen molar-refractivity contribution in [3.05, 3.63) is 54.1 Å². The molecule has 1 saturated heterocycles.